The molecule has 3 heterocycles. The number of alkyl carbamates (subject to hydrolysis) is 1. The topological polar surface area (TPSA) is 137 Å². The molecule has 0 saturated carbocycles. The minimum absolute atomic E-state index is 0.0696. The number of pyridine rings is 2. The molecule has 12 nitrogen and oxygen atoms in total. The van der Waals surface area contributed by atoms with Crippen molar-refractivity contribution in [1.82, 2.24) is 24.3 Å². The Hall–Kier alpha value is -4.23. The van der Waals surface area contributed by atoms with Gasteiger partial charge >= 0.3 is 6.09 Å². The van der Waals surface area contributed by atoms with Gasteiger partial charge in [-0.05, 0) is 67.1 Å². The summed E-state index contributed by atoms with van der Waals surface area (Å²) in [6.07, 6.45) is 7.13. The zero-order chi connectivity index (χ0) is 34.7. The number of nitrogens with zero attached hydrogens (tertiary/aromatic N) is 4. The standard InChI is InChI=1S/C34H50N6O6Si/c1-24(2)20-25-15-16-35-29-21-26(40(31(25)29)23-46-18-19-47(6,7)8)22-39-17-11-13-28(33(39)43)36-32(42)27(37-34(44)45-5)12-9-10-14-30(41)38(3)4/h10-11,13-17,21,24,27H,9,12,18-20,22-23H2,1-8H3,(H,36,42)(H,37,44)/b14-10+/t27-/m0/s1. The maximum atomic E-state index is 13.6. The second-order valence-electron chi connectivity index (χ2n) is 13.5. The number of aromatic nitrogens is 3. The lowest BCUT2D eigenvalue weighted by molar-refractivity contribution is -0.123. The van der Waals surface area contributed by atoms with E-state index in [0.29, 0.717) is 25.7 Å². The Morgan fingerprint density at radius 1 is 1.15 bits per heavy atom. The summed E-state index contributed by atoms with van der Waals surface area (Å²) >= 11 is 0. The first-order valence-corrected chi connectivity index (χ1v) is 19.7. The molecule has 1 atom stereocenters. The van der Waals surface area contributed by atoms with Crippen LogP contribution < -0.4 is 16.2 Å². The predicted octanol–water partition coefficient (Wildman–Crippen LogP) is 4.84. The van der Waals surface area contributed by atoms with Crippen LogP contribution in [0, 0.1) is 5.92 Å². The molecule has 256 valence electrons. The van der Waals surface area contributed by atoms with E-state index in [1.165, 1.54) is 34.3 Å². The van der Waals surface area contributed by atoms with Crippen LogP contribution in [-0.2, 0) is 38.8 Å². The molecule has 0 saturated heterocycles. The molecular weight excluding hydrogens is 616 g/mol. The molecule has 0 fully saturated rings. The highest BCUT2D eigenvalue weighted by Gasteiger charge is 2.22. The number of carbonyl (C=O) groups excluding carboxylic acids is 3. The van der Waals surface area contributed by atoms with Crippen molar-refractivity contribution in [3.63, 3.8) is 0 Å². The van der Waals surface area contributed by atoms with E-state index >= 15 is 0 Å². The van der Waals surface area contributed by atoms with Crippen molar-refractivity contribution in [1.29, 1.82) is 0 Å². The SMILES string of the molecule is COC(=O)N[C@@H](CC/C=C/C(=O)N(C)C)C(=O)Nc1cccn(Cc2cc3nccc(CC(C)C)c3n2COCC[Si](C)(C)C)c1=O. The van der Waals surface area contributed by atoms with E-state index in [-0.39, 0.29) is 24.6 Å². The van der Waals surface area contributed by atoms with Gasteiger partial charge in [0.2, 0.25) is 11.8 Å². The smallest absolute Gasteiger partial charge is 0.407 e. The van der Waals surface area contributed by atoms with Gasteiger partial charge in [-0.15, -0.1) is 0 Å². The Labute approximate surface area is 278 Å². The minimum atomic E-state index is -1.28. The summed E-state index contributed by atoms with van der Waals surface area (Å²) in [6.45, 7) is 12.5. The third-order valence-electron chi connectivity index (χ3n) is 7.53. The van der Waals surface area contributed by atoms with E-state index in [4.69, 9.17) is 9.47 Å². The summed E-state index contributed by atoms with van der Waals surface area (Å²) in [6, 6.07) is 7.28. The number of ether oxygens (including phenoxy) is 2. The van der Waals surface area contributed by atoms with Gasteiger partial charge in [-0.25, -0.2) is 4.79 Å². The first kappa shape index (κ1) is 37.2. The van der Waals surface area contributed by atoms with E-state index in [1.807, 2.05) is 18.3 Å². The number of hydrogen-bond donors (Lipinski definition) is 2. The van der Waals surface area contributed by atoms with E-state index in [1.54, 1.807) is 32.4 Å². The first-order chi connectivity index (χ1) is 22.2. The number of likely N-dealkylation sites (N-methyl/N-ethyl adjacent to an activating group) is 1. The molecule has 0 unspecified atom stereocenters. The van der Waals surface area contributed by atoms with Gasteiger partial charge in [-0.2, -0.15) is 0 Å². The Bertz CT molecular complexity index is 1620. The zero-order valence-corrected chi connectivity index (χ0v) is 30.0. The van der Waals surface area contributed by atoms with Crippen molar-refractivity contribution in [2.24, 2.45) is 5.92 Å². The molecule has 0 aliphatic rings. The number of hydrogen-bond acceptors (Lipinski definition) is 7. The van der Waals surface area contributed by atoms with Crippen LogP contribution in [0.1, 0.15) is 37.9 Å². The highest BCUT2D eigenvalue weighted by Crippen LogP contribution is 2.25. The Kier molecular flexibility index (Phi) is 13.5. The van der Waals surface area contributed by atoms with Gasteiger partial charge in [-0.3, -0.25) is 19.4 Å². The van der Waals surface area contributed by atoms with Gasteiger partial charge in [0, 0.05) is 46.9 Å². The third-order valence-corrected chi connectivity index (χ3v) is 9.23. The molecule has 0 aliphatic heterocycles. The molecule has 3 rings (SSSR count). The Morgan fingerprint density at radius 3 is 2.55 bits per heavy atom. The number of fused-ring (bicyclic) bond motifs is 1. The van der Waals surface area contributed by atoms with E-state index in [9.17, 15) is 19.2 Å². The number of rotatable bonds is 16. The van der Waals surface area contributed by atoms with Gasteiger partial charge in [0.25, 0.3) is 5.56 Å². The second kappa shape index (κ2) is 17.1. The lowest BCUT2D eigenvalue weighted by atomic mass is 10.0. The highest BCUT2D eigenvalue weighted by molar-refractivity contribution is 6.76. The summed E-state index contributed by atoms with van der Waals surface area (Å²) < 4.78 is 14.5. The van der Waals surface area contributed by atoms with Crippen LogP contribution in [-0.4, -0.2) is 78.9 Å². The minimum Gasteiger partial charge on any atom is -0.453 e. The monoisotopic (exact) mass is 666 g/mol. The number of carbonyl (C=O) groups is 3. The van der Waals surface area contributed by atoms with E-state index in [0.717, 1.165) is 29.2 Å². The molecule has 0 spiro atoms. The van der Waals surface area contributed by atoms with Crippen molar-refractivity contribution in [2.45, 2.75) is 78.1 Å². The van der Waals surface area contributed by atoms with Crippen LogP contribution in [0.5, 0.6) is 0 Å². The van der Waals surface area contributed by atoms with Gasteiger partial charge in [0.05, 0.1) is 24.7 Å². The molecular formula is C34H50N6O6Si. The fourth-order valence-corrected chi connectivity index (χ4v) is 5.70. The summed E-state index contributed by atoms with van der Waals surface area (Å²) in [5.41, 5.74) is 3.53. The number of amides is 3. The van der Waals surface area contributed by atoms with Crippen molar-refractivity contribution in [2.75, 3.05) is 33.1 Å². The Morgan fingerprint density at radius 2 is 1.89 bits per heavy atom. The summed E-state index contributed by atoms with van der Waals surface area (Å²) in [5.74, 6) is -0.330. The zero-order valence-electron chi connectivity index (χ0n) is 29.0. The molecule has 3 aromatic rings. The van der Waals surface area contributed by atoms with E-state index < -0.39 is 31.7 Å². The van der Waals surface area contributed by atoms with Crippen LogP contribution in [0.25, 0.3) is 11.0 Å². The van der Waals surface area contributed by atoms with Gasteiger partial charge in [0.15, 0.2) is 0 Å². The second-order valence-corrected chi connectivity index (χ2v) is 19.1. The quantitative estimate of drug-likeness (QED) is 0.127. The fraction of sp³-hybridized carbons (Fsp3) is 0.500. The molecule has 13 heteroatoms. The predicted molar refractivity (Wildman–Crippen MR) is 187 cm³/mol. The van der Waals surface area contributed by atoms with Crippen molar-refractivity contribution in [3.05, 3.63) is 70.4 Å². The van der Waals surface area contributed by atoms with Crippen LogP contribution >= 0.6 is 0 Å². The molecule has 47 heavy (non-hydrogen) atoms. The van der Waals surface area contributed by atoms with E-state index in [2.05, 4.69) is 53.7 Å². The number of anilines is 1. The maximum absolute atomic E-state index is 13.6. The average molecular weight is 667 g/mol. The van der Waals surface area contributed by atoms with Crippen molar-refractivity contribution < 1.29 is 23.9 Å². The summed E-state index contributed by atoms with van der Waals surface area (Å²) in [7, 11) is 3.20. The molecule has 0 radical (unpaired) electrons. The van der Waals surface area contributed by atoms with Crippen LogP contribution in [0.3, 0.4) is 0 Å². The lowest BCUT2D eigenvalue weighted by Gasteiger charge is -2.19. The first-order valence-electron chi connectivity index (χ1n) is 16.0. The summed E-state index contributed by atoms with van der Waals surface area (Å²) in [5, 5.41) is 5.19. The molecule has 0 aliphatic carbocycles. The molecule has 3 amide bonds. The lowest BCUT2D eigenvalue weighted by Crippen LogP contribution is -2.44. The summed E-state index contributed by atoms with van der Waals surface area (Å²) in [4.78, 5) is 56.8. The number of methoxy groups -OCH3 is 1. The molecule has 3 aromatic heterocycles. The molecule has 2 N–H and O–H groups in total. The third kappa shape index (κ3) is 11.2. The molecule has 0 bridgehead atoms. The van der Waals surface area contributed by atoms with Crippen molar-refractivity contribution in [3.8, 4) is 0 Å². The van der Waals surface area contributed by atoms with Crippen molar-refractivity contribution >= 4 is 42.7 Å². The molecule has 0 aromatic carbocycles. The fourth-order valence-electron chi connectivity index (χ4n) is 4.94. The van der Waals surface area contributed by atoms with Gasteiger partial charge in [-0.1, -0.05) is 39.6 Å². The Balaban J connectivity index is 1.88. The number of allylic oxidation sites excluding steroid dienone is 1. The van der Waals surface area contributed by atoms with Crippen LogP contribution in [0.2, 0.25) is 25.7 Å². The normalized spacial score (nSPS) is 12.4. The highest BCUT2D eigenvalue weighted by atomic mass is 28.3. The number of nitrogens with one attached hydrogen (secondary N) is 2. The maximum Gasteiger partial charge on any atom is 0.407 e. The average Bonchev–Trinajstić information content (AvgIpc) is 3.35. The van der Waals surface area contributed by atoms with Gasteiger partial charge < -0.3 is 34.1 Å². The largest absolute Gasteiger partial charge is 0.453 e. The van der Waals surface area contributed by atoms with Gasteiger partial charge in [0.1, 0.15) is 18.5 Å². The van der Waals surface area contributed by atoms with Crippen LogP contribution in [0.4, 0.5) is 10.5 Å². The van der Waals surface area contributed by atoms with Crippen LogP contribution in [0.15, 0.2) is 53.6 Å².